The fourth-order valence-electron chi connectivity index (χ4n) is 2.12. The second-order valence-corrected chi connectivity index (χ2v) is 5.15. The van der Waals surface area contributed by atoms with E-state index in [0.29, 0.717) is 24.1 Å². The van der Waals surface area contributed by atoms with Crippen molar-refractivity contribution in [2.45, 2.75) is 31.7 Å². The Labute approximate surface area is 114 Å². The molecule has 0 atom stereocenters. The van der Waals surface area contributed by atoms with E-state index in [1.54, 1.807) is 6.92 Å². The number of carboxylic acid groups (broad SMARTS) is 1. The summed E-state index contributed by atoms with van der Waals surface area (Å²) in [7, 11) is 0. The zero-order chi connectivity index (χ0) is 14.2. The number of hydrogen-bond donors (Lipinski definition) is 2. The summed E-state index contributed by atoms with van der Waals surface area (Å²) in [5.41, 5.74) is -0.0199. The van der Waals surface area contributed by atoms with Crippen molar-refractivity contribution in [1.82, 2.24) is 0 Å². The first-order chi connectivity index (χ1) is 8.85. The van der Waals surface area contributed by atoms with Crippen LogP contribution in [0.15, 0.2) is 12.1 Å². The molecule has 1 aliphatic carbocycles. The first kappa shape index (κ1) is 13.6. The molecular formula is C12H13ClN2O4. The molecule has 1 saturated carbocycles. The van der Waals surface area contributed by atoms with E-state index in [2.05, 4.69) is 5.32 Å². The highest BCUT2D eigenvalue weighted by Gasteiger charge is 2.44. The number of carboxylic acids is 1. The lowest BCUT2D eigenvalue weighted by Crippen LogP contribution is -2.52. The minimum Gasteiger partial charge on any atom is -0.480 e. The van der Waals surface area contributed by atoms with E-state index in [9.17, 15) is 20.0 Å². The van der Waals surface area contributed by atoms with Gasteiger partial charge >= 0.3 is 5.97 Å². The van der Waals surface area contributed by atoms with Crippen LogP contribution in [0.25, 0.3) is 0 Å². The second kappa shape index (κ2) is 4.70. The van der Waals surface area contributed by atoms with Crippen molar-refractivity contribution in [3.63, 3.8) is 0 Å². The monoisotopic (exact) mass is 284 g/mol. The van der Waals surface area contributed by atoms with Gasteiger partial charge in [-0.25, -0.2) is 4.79 Å². The van der Waals surface area contributed by atoms with Gasteiger partial charge in [0.2, 0.25) is 0 Å². The summed E-state index contributed by atoms with van der Waals surface area (Å²) in [4.78, 5) is 21.5. The molecule has 19 heavy (non-hydrogen) atoms. The number of aliphatic carboxylic acids is 1. The van der Waals surface area contributed by atoms with Crippen LogP contribution in [0.3, 0.4) is 0 Å². The fourth-order valence-corrected chi connectivity index (χ4v) is 2.35. The predicted octanol–water partition coefficient (Wildman–Crippen LogP) is 2.98. The van der Waals surface area contributed by atoms with Crippen LogP contribution in [0, 0.1) is 17.0 Å². The van der Waals surface area contributed by atoms with Crippen molar-refractivity contribution < 1.29 is 14.8 Å². The molecule has 1 aliphatic rings. The molecule has 0 aliphatic heterocycles. The molecule has 0 aromatic heterocycles. The number of nitrogens with one attached hydrogen (secondary N) is 1. The summed E-state index contributed by atoms with van der Waals surface area (Å²) < 4.78 is 0. The summed E-state index contributed by atoms with van der Waals surface area (Å²) in [5.74, 6) is -0.910. The Morgan fingerprint density at radius 1 is 1.53 bits per heavy atom. The van der Waals surface area contributed by atoms with Gasteiger partial charge in [-0.2, -0.15) is 0 Å². The number of benzene rings is 1. The topological polar surface area (TPSA) is 92.5 Å². The highest BCUT2D eigenvalue weighted by Crippen LogP contribution is 2.38. The van der Waals surface area contributed by atoms with Crippen LogP contribution < -0.4 is 5.32 Å². The molecule has 0 saturated heterocycles. The van der Waals surface area contributed by atoms with E-state index >= 15 is 0 Å². The van der Waals surface area contributed by atoms with Crippen molar-refractivity contribution in [3.8, 4) is 0 Å². The number of nitrogens with zero attached hydrogens (tertiary/aromatic N) is 1. The first-order valence-corrected chi connectivity index (χ1v) is 6.20. The lowest BCUT2D eigenvalue weighted by molar-refractivity contribution is -0.384. The van der Waals surface area contributed by atoms with Gasteiger partial charge in [0.25, 0.3) is 5.69 Å². The Morgan fingerprint density at radius 2 is 2.16 bits per heavy atom. The summed E-state index contributed by atoms with van der Waals surface area (Å²) >= 11 is 5.84. The Morgan fingerprint density at radius 3 is 2.58 bits per heavy atom. The molecule has 0 heterocycles. The van der Waals surface area contributed by atoms with Gasteiger partial charge in [0.1, 0.15) is 10.6 Å². The lowest BCUT2D eigenvalue weighted by atomic mass is 9.76. The van der Waals surface area contributed by atoms with Gasteiger partial charge in [-0.1, -0.05) is 11.6 Å². The Bertz CT molecular complexity index is 555. The third kappa shape index (κ3) is 2.35. The lowest BCUT2D eigenvalue weighted by Gasteiger charge is -2.39. The predicted molar refractivity (Wildman–Crippen MR) is 70.7 cm³/mol. The van der Waals surface area contributed by atoms with E-state index in [0.717, 1.165) is 6.42 Å². The Balaban J connectivity index is 2.34. The Hall–Kier alpha value is -1.82. The van der Waals surface area contributed by atoms with Gasteiger partial charge in [0, 0.05) is 11.8 Å². The number of halogens is 1. The molecule has 7 heteroatoms. The molecule has 1 aromatic rings. The quantitative estimate of drug-likeness (QED) is 0.655. The van der Waals surface area contributed by atoms with E-state index in [4.69, 9.17) is 11.6 Å². The molecule has 2 rings (SSSR count). The Kier molecular flexibility index (Phi) is 3.36. The third-order valence-corrected chi connectivity index (χ3v) is 3.78. The summed E-state index contributed by atoms with van der Waals surface area (Å²) in [6, 6.07) is 2.76. The molecule has 6 nitrogen and oxygen atoms in total. The third-order valence-electron chi connectivity index (χ3n) is 3.48. The largest absolute Gasteiger partial charge is 0.480 e. The maximum absolute atomic E-state index is 11.3. The highest BCUT2D eigenvalue weighted by molar-refractivity contribution is 6.33. The molecule has 0 radical (unpaired) electrons. The number of aryl methyl sites for hydroxylation is 1. The van der Waals surface area contributed by atoms with Crippen molar-refractivity contribution >= 4 is 28.9 Å². The van der Waals surface area contributed by atoms with Crippen LogP contribution in [-0.2, 0) is 4.79 Å². The maximum atomic E-state index is 11.3. The van der Waals surface area contributed by atoms with E-state index in [1.165, 1.54) is 12.1 Å². The molecule has 102 valence electrons. The molecule has 0 amide bonds. The molecule has 0 unspecified atom stereocenters. The first-order valence-electron chi connectivity index (χ1n) is 5.82. The molecule has 1 fully saturated rings. The summed E-state index contributed by atoms with van der Waals surface area (Å²) in [5, 5.41) is 23.0. The van der Waals surface area contributed by atoms with E-state index in [-0.39, 0.29) is 10.7 Å². The van der Waals surface area contributed by atoms with Gasteiger partial charge in [-0.15, -0.1) is 0 Å². The zero-order valence-electron chi connectivity index (χ0n) is 10.3. The molecule has 2 N–H and O–H groups in total. The summed E-state index contributed by atoms with van der Waals surface area (Å²) in [6.07, 6.45) is 1.92. The fraction of sp³-hybridized carbons (Fsp3) is 0.417. The van der Waals surface area contributed by atoms with Crippen LogP contribution in [-0.4, -0.2) is 21.5 Å². The second-order valence-electron chi connectivity index (χ2n) is 4.74. The van der Waals surface area contributed by atoms with Crippen molar-refractivity contribution in [1.29, 1.82) is 0 Å². The molecule has 0 bridgehead atoms. The minimum absolute atomic E-state index is 0.00189. The number of carbonyl (C=O) groups is 1. The normalized spacial score (nSPS) is 16.5. The number of rotatable bonds is 4. The number of anilines is 1. The van der Waals surface area contributed by atoms with Crippen molar-refractivity contribution in [2.24, 2.45) is 0 Å². The average molecular weight is 285 g/mol. The molecule has 1 aromatic carbocycles. The standard InChI is InChI=1S/C12H13ClN2O4/c1-7-5-10(15(18)19)8(13)6-9(7)14-12(11(16)17)3-2-4-12/h5-6,14H,2-4H2,1H3,(H,16,17). The van der Waals surface area contributed by atoms with Crippen LogP contribution in [0.5, 0.6) is 0 Å². The molecule has 0 spiro atoms. The minimum atomic E-state index is -0.968. The smallest absolute Gasteiger partial charge is 0.329 e. The van der Waals surface area contributed by atoms with Gasteiger partial charge in [0.15, 0.2) is 0 Å². The zero-order valence-corrected chi connectivity index (χ0v) is 11.0. The number of nitro groups is 1. The van der Waals surface area contributed by atoms with Gasteiger partial charge < -0.3 is 10.4 Å². The average Bonchev–Trinajstić information content (AvgIpc) is 2.26. The van der Waals surface area contributed by atoms with Gasteiger partial charge in [-0.3, -0.25) is 10.1 Å². The van der Waals surface area contributed by atoms with Gasteiger partial charge in [-0.05, 0) is 37.8 Å². The van der Waals surface area contributed by atoms with Crippen LogP contribution in [0.4, 0.5) is 11.4 Å². The molecular weight excluding hydrogens is 272 g/mol. The summed E-state index contributed by atoms with van der Waals surface area (Å²) in [6.45, 7) is 1.68. The van der Waals surface area contributed by atoms with Crippen molar-refractivity contribution in [2.75, 3.05) is 5.32 Å². The number of hydrogen-bond acceptors (Lipinski definition) is 4. The van der Waals surface area contributed by atoms with Crippen molar-refractivity contribution in [3.05, 3.63) is 32.8 Å². The maximum Gasteiger partial charge on any atom is 0.329 e. The highest BCUT2D eigenvalue weighted by atomic mass is 35.5. The van der Waals surface area contributed by atoms with Gasteiger partial charge in [0.05, 0.1) is 4.92 Å². The SMILES string of the molecule is Cc1cc([N+](=O)[O-])c(Cl)cc1NC1(C(=O)O)CCC1. The van der Waals surface area contributed by atoms with Crippen LogP contribution >= 0.6 is 11.6 Å². The van der Waals surface area contributed by atoms with Crippen LogP contribution in [0.1, 0.15) is 24.8 Å². The van der Waals surface area contributed by atoms with E-state index in [1.807, 2.05) is 0 Å². The number of nitro benzene ring substituents is 1. The van der Waals surface area contributed by atoms with Crippen LogP contribution in [0.2, 0.25) is 5.02 Å². The van der Waals surface area contributed by atoms with E-state index < -0.39 is 16.4 Å².